The lowest BCUT2D eigenvalue weighted by atomic mass is 9.72. The van der Waals surface area contributed by atoms with Gasteiger partial charge < -0.3 is 19.9 Å². The summed E-state index contributed by atoms with van der Waals surface area (Å²) in [5, 5.41) is 4.22. The minimum absolute atomic E-state index is 0.0498. The van der Waals surface area contributed by atoms with E-state index < -0.39 is 0 Å². The van der Waals surface area contributed by atoms with Crippen molar-refractivity contribution >= 4 is 28.9 Å². The number of nitrogens with one attached hydrogen (secondary N) is 1. The number of piperazine rings is 1. The predicted octanol–water partition coefficient (Wildman–Crippen LogP) is 4.61. The maximum absolute atomic E-state index is 12.4. The Labute approximate surface area is 184 Å². The number of methoxy groups -OCH3 is 1. The van der Waals surface area contributed by atoms with Crippen molar-refractivity contribution in [1.29, 1.82) is 0 Å². The lowest BCUT2D eigenvalue weighted by molar-refractivity contribution is 0.0601. The maximum Gasteiger partial charge on any atom is 0.340 e. The molecule has 160 valence electrons. The van der Waals surface area contributed by atoms with E-state index in [2.05, 4.69) is 60.3 Å². The lowest BCUT2D eigenvalue weighted by Crippen LogP contribution is -2.44. The number of hydrogen-bond acceptors (Lipinski definition) is 5. The van der Waals surface area contributed by atoms with E-state index in [1.165, 1.54) is 18.4 Å². The molecule has 1 saturated heterocycles. The van der Waals surface area contributed by atoms with Crippen LogP contribution in [0.5, 0.6) is 0 Å². The summed E-state index contributed by atoms with van der Waals surface area (Å²) in [4.78, 5) is 17.2. The molecule has 2 aliphatic rings. The molecule has 6 heteroatoms. The third-order valence-corrected chi connectivity index (χ3v) is 6.60. The first-order chi connectivity index (χ1) is 14.3. The molecule has 0 amide bonds. The van der Waals surface area contributed by atoms with Crippen LogP contribution >= 0.6 is 11.6 Å². The molecule has 1 unspecified atom stereocenters. The second-order valence-electron chi connectivity index (χ2n) is 9.11. The minimum Gasteiger partial charge on any atom is -0.465 e. The van der Waals surface area contributed by atoms with Crippen LogP contribution in [0.15, 0.2) is 36.4 Å². The number of carbonyl (C=O) groups is 1. The number of rotatable bonds is 3. The highest BCUT2D eigenvalue weighted by Gasteiger charge is 2.38. The number of halogens is 1. The highest BCUT2D eigenvalue weighted by molar-refractivity contribution is 6.31. The van der Waals surface area contributed by atoms with Crippen molar-refractivity contribution in [3.63, 3.8) is 0 Å². The van der Waals surface area contributed by atoms with Gasteiger partial charge in [0.1, 0.15) is 0 Å². The number of hydrogen-bond donors (Lipinski definition) is 1. The molecule has 0 aliphatic carbocycles. The van der Waals surface area contributed by atoms with Crippen LogP contribution in [0, 0.1) is 5.41 Å². The number of benzene rings is 2. The van der Waals surface area contributed by atoms with Crippen molar-refractivity contribution in [2.24, 2.45) is 5.41 Å². The zero-order valence-corrected chi connectivity index (χ0v) is 18.9. The third kappa shape index (κ3) is 4.01. The van der Waals surface area contributed by atoms with E-state index >= 15 is 0 Å². The summed E-state index contributed by atoms with van der Waals surface area (Å²) in [5.74, 6) is -0.370. The molecular weight excluding hydrogens is 398 g/mol. The number of fused-ring (bicyclic) bond motifs is 1. The van der Waals surface area contributed by atoms with Crippen LogP contribution in [-0.4, -0.2) is 51.2 Å². The molecule has 0 aromatic heterocycles. The van der Waals surface area contributed by atoms with E-state index in [0.29, 0.717) is 10.6 Å². The average Bonchev–Trinajstić information content (AvgIpc) is 2.72. The fourth-order valence-corrected chi connectivity index (χ4v) is 4.92. The second kappa shape index (κ2) is 8.12. The average molecular weight is 428 g/mol. The molecule has 2 aromatic carbocycles. The quantitative estimate of drug-likeness (QED) is 0.724. The van der Waals surface area contributed by atoms with Crippen molar-refractivity contribution in [1.82, 2.24) is 4.90 Å². The summed E-state index contributed by atoms with van der Waals surface area (Å²) in [6.07, 6.45) is 0.823. The molecule has 5 nitrogen and oxygen atoms in total. The molecule has 2 heterocycles. The molecule has 0 spiro atoms. The third-order valence-electron chi connectivity index (χ3n) is 6.38. The van der Waals surface area contributed by atoms with E-state index in [-0.39, 0.29) is 17.4 Å². The zero-order chi connectivity index (χ0) is 21.5. The topological polar surface area (TPSA) is 44.8 Å². The number of likely N-dealkylation sites (N-methyl/N-ethyl adjacent to an activating group) is 1. The Kier molecular flexibility index (Phi) is 5.69. The molecule has 1 N–H and O–H groups in total. The van der Waals surface area contributed by atoms with Gasteiger partial charge in [-0.2, -0.15) is 0 Å². The zero-order valence-electron chi connectivity index (χ0n) is 18.2. The van der Waals surface area contributed by atoms with Crippen LogP contribution in [0.4, 0.5) is 11.4 Å². The van der Waals surface area contributed by atoms with Crippen molar-refractivity contribution in [3.8, 4) is 0 Å². The largest absolute Gasteiger partial charge is 0.465 e. The van der Waals surface area contributed by atoms with Crippen LogP contribution < -0.4 is 10.2 Å². The smallest absolute Gasteiger partial charge is 0.340 e. The van der Waals surface area contributed by atoms with Crippen LogP contribution in [0.1, 0.15) is 41.4 Å². The summed E-state index contributed by atoms with van der Waals surface area (Å²) in [6.45, 7) is 8.75. The van der Waals surface area contributed by atoms with Gasteiger partial charge >= 0.3 is 5.97 Å². The first-order valence-corrected chi connectivity index (χ1v) is 10.9. The van der Waals surface area contributed by atoms with E-state index in [9.17, 15) is 4.79 Å². The Morgan fingerprint density at radius 3 is 2.60 bits per heavy atom. The number of nitrogens with zero attached hydrogens (tertiary/aromatic N) is 2. The van der Waals surface area contributed by atoms with Gasteiger partial charge in [0.2, 0.25) is 0 Å². The minimum atomic E-state index is -0.370. The highest BCUT2D eigenvalue weighted by atomic mass is 35.5. The molecule has 0 bridgehead atoms. The van der Waals surface area contributed by atoms with Crippen molar-refractivity contribution < 1.29 is 9.53 Å². The van der Waals surface area contributed by atoms with Crippen LogP contribution in [-0.2, 0) is 11.2 Å². The van der Waals surface area contributed by atoms with Gasteiger partial charge in [-0.15, -0.1) is 0 Å². The van der Waals surface area contributed by atoms with Crippen molar-refractivity contribution in [2.45, 2.75) is 26.3 Å². The number of anilines is 2. The molecule has 2 aromatic rings. The number of esters is 1. The summed E-state index contributed by atoms with van der Waals surface area (Å²) < 4.78 is 5.01. The number of carbonyl (C=O) groups excluding carboxylic acids is 1. The predicted molar refractivity (Wildman–Crippen MR) is 123 cm³/mol. The Bertz CT molecular complexity index is 951. The molecule has 1 fully saturated rings. The van der Waals surface area contributed by atoms with Crippen LogP contribution in [0.3, 0.4) is 0 Å². The number of ether oxygens (including phenoxy) is 1. The van der Waals surface area contributed by atoms with Gasteiger partial charge in [0.05, 0.1) is 24.4 Å². The van der Waals surface area contributed by atoms with Crippen LogP contribution in [0.25, 0.3) is 0 Å². The van der Waals surface area contributed by atoms with Crippen LogP contribution in [0.2, 0.25) is 5.02 Å². The fraction of sp³-hybridized carbons (Fsp3) is 0.458. The standard InChI is InChI=1S/C24H30ClN3O2/c1-24(2)15-17-12-18(25)14-20(23(29)30-4)21(17)26-22(24)16-6-5-7-19(13-16)28-10-8-27(3)9-11-28/h5-7,12-14,22,26H,8-11,15H2,1-4H3. The normalized spacial score (nSPS) is 21.0. The highest BCUT2D eigenvalue weighted by Crippen LogP contribution is 2.47. The summed E-state index contributed by atoms with van der Waals surface area (Å²) >= 11 is 6.30. The molecule has 2 aliphatic heterocycles. The summed E-state index contributed by atoms with van der Waals surface area (Å²) in [6, 6.07) is 12.5. The van der Waals surface area contributed by atoms with Gasteiger partial charge in [-0.05, 0) is 54.3 Å². The molecule has 4 rings (SSSR count). The Hall–Kier alpha value is -2.24. The molecule has 0 saturated carbocycles. The Morgan fingerprint density at radius 2 is 1.90 bits per heavy atom. The maximum atomic E-state index is 12.4. The Morgan fingerprint density at radius 1 is 1.17 bits per heavy atom. The van der Waals surface area contributed by atoms with Gasteiger partial charge in [-0.25, -0.2) is 4.79 Å². The van der Waals surface area contributed by atoms with Gasteiger partial charge in [-0.3, -0.25) is 0 Å². The fourth-order valence-electron chi connectivity index (χ4n) is 4.68. The van der Waals surface area contributed by atoms with E-state index in [1.54, 1.807) is 6.07 Å². The summed E-state index contributed by atoms with van der Waals surface area (Å²) in [5.41, 5.74) is 4.82. The monoisotopic (exact) mass is 427 g/mol. The van der Waals surface area contributed by atoms with E-state index in [0.717, 1.165) is 43.9 Å². The van der Waals surface area contributed by atoms with Crippen molar-refractivity contribution in [2.75, 3.05) is 50.6 Å². The van der Waals surface area contributed by atoms with E-state index in [1.807, 2.05) is 6.07 Å². The Balaban J connectivity index is 1.69. The first kappa shape index (κ1) is 21.0. The SMILES string of the molecule is COC(=O)c1cc(Cl)cc2c1NC(c1cccc(N3CCN(C)CC3)c1)C(C)(C)C2. The molecular formula is C24H30ClN3O2. The first-order valence-electron chi connectivity index (χ1n) is 10.5. The van der Waals surface area contributed by atoms with Gasteiger partial charge in [0.25, 0.3) is 0 Å². The molecule has 1 atom stereocenters. The summed E-state index contributed by atoms with van der Waals surface area (Å²) in [7, 11) is 3.57. The molecule has 30 heavy (non-hydrogen) atoms. The molecule has 0 radical (unpaired) electrons. The van der Waals surface area contributed by atoms with E-state index in [4.69, 9.17) is 16.3 Å². The van der Waals surface area contributed by atoms with Gasteiger partial charge in [0, 0.05) is 36.9 Å². The lowest BCUT2D eigenvalue weighted by Gasteiger charge is -2.42. The van der Waals surface area contributed by atoms with Gasteiger partial charge in [-0.1, -0.05) is 37.6 Å². The van der Waals surface area contributed by atoms with Gasteiger partial charge in [0.15, 0.2) is 0 Å². The van der Waals surface area contributed by atoms with Crippen molar-refractivity contribution in [3.05, 3.63) is 58.1 Å². The second-order valence-corrected chi connectivity index (χ2v) is 9.54.